The summed E-state index contributed by atoms with van der Waals surface area (Å²) in [5.74, 6) is 0.0434. The van der Waals surface area contributed by atoms with E-state index in [-0.39, 0.29) is 30.8 Å². The third kappa shape index (κ3) is 7.00. The predicted octanol–water partition coefficient (Wildman–Crippen LogP) is 3.32. The minimum Gasteiger partial charge on any atom is -0.337 e. The van der Waals surface area contributed by atoms with E-state index >= 15 is 0 Å². The molecule has 1 saturated heterocycles. The molecule has 1 fully saturated rings. The maximum absolute atomic E-state index is 13.0. The summed E-state index contributed by atoms with van der Waals surface area (Å²) >= 11 is 0. The Morgan fingerprint density at radius 1 is 1.07 bits per heavy atom. The van der Waals surface area contributed by atoms with E-state index in [1.165, 1.54) is 12.8 Å². The molecule has 1 N–H and O–H groups in total. The van der Waals surface area contributed by atoms with Crippen LogP contribution >= 0.6 is 12.4 Å². The van der Waals surface area contributed by atoms with Gasteiger partial charge in [0.05, 0.1) is 18.7 Å². The van der Waals surface area contributed by atoms with Crippen LogP contribution in [0.1, 0.15) is 30.0 Å². The highest BCUT2D eigenvalue weighted by molar-refractivity contribution is 7.92. The highest BCUT2D eigenvalue weighted by atomic mass is 35.5. The van der Waals surface area contributed by atoms with Crippen LogP contribution in [0.4, 0.5) is 5.69 Å². The zero-order valence-corrected chi connectivity index (χ0v) is 19.1. The van der Waals surface area contributed by atoms with E-state index in [2.05, 4.69) is 21.8 Å². The molecule has 164 valence electrons. The first-order valence-corrected chi connectivity index (χ1v) is 11.8. The van der Waals surface area contributed by atoms with Crippen molar-refractivity contribution in [2.75, 3.05) is 37.7 Å². The number of amides is 1. The normalized spacial score (nSPS) is 15.3. The molecule has 2 aromatic rings. The Bertz CT molecular complexity index is 914. The van der Waals surface area contributed by atoms with Gasteiger partial charge in [-0.3, -0.25) is 9.52 Å². The van der Waals surface area contributed by atoms with Crippen LogP contribution in [0.5, 0.6) is 0 Å². The molecule has 30 heavy (non-hydrogen) atoms. The molecule has 3 rings (SSSR count). The van der Waals surface area contributed by atoms with Gasteiger partial charge in [0.1, 0.15) is 0 Å². The summed E-state index contributed by atoms with van der Waals surface area (Å²) in [6, 6.07) is 17.1. The van der Waals surface area contributed by atoms with Gasteiger partial charge in [-0.05, 0) is 49.2 Å². The summed E-state index contributed by atoms with van der Waals surface area (Å²) < 4.78 is 25.1. The van der Waals surface area contributed by atoms with E-state index in [0.717, 1.165) is 37.0 Å². The standard InChI is InChI=1S/C22H29N3O3S.ClH/c1-24(21(17-25-14-6-7-15-25)19-8-4-3-5-9-19)22(26)16-18-10-12-20(13-11-18)23-29(2,27)28;/h3-5,8-13,21,23H,6-7,14-17H2,1-2H3;1H/t21-;/m1./s1. The van der Waals surface area contributed by atoms with Crippen LogP contribution in [0.3, 0.4) is 0 Å². The molecule has 1 aliphatic rings. The van der Waals surface area contributed by atoms with Crippen molar-refractivity contribution in [3.8, 4) is 0 Å². The van der Waals surface area contributed by atoms with Crippen LogP contribution in [-0.4, -0.2) is 57.1 Å². The van der Waals surface area contributed by atoms with Gasteiger partial charge in [-0.25, -0.2) is 8.42 Å². The van der Waals surface area contributed by atoms with Crippen molar-refractivity contribution in [1.29, 1.82) is 0 Å². The second-order valence-corrected chi connectivity index (χ2v) is 9.44. The van der Waals surface area contributed by atoms with E-state index in [4.69, 9.17) is 0 Å². The van der Waals surface area contributed by atoms with Crippen molar-refractivity contribution in [2.24, 2.45) is 0 Å². The quantitative estimate of drug-likeness (QED) is 0.668. The van der Waals surface area contributed by atoms with Crippen LogP contribution < -0.4 is 4.72 Å². The number of likely N-dealkylation sites (N-methyl/N-ethyl adjacent to an activating group) is 1. The number of anilines is 1. The molecule has 0 unspecified atom stereocenters. The maximum Gasteiger partial charge on any atom is 0.229 e. The molecule has 1 atom stereocenters. The SMILES string of the molecule is CN(C(=O)Cc1ccc(NS(C)(=O)=O)cc1)[C@H](CN1CCCC1)c1ccccc1.Cl. The van der Waals surface area contributed by atoms with Crippen molar-refractivity contribution in [1.82, 2.24) is 9.80 Å². The molecular weight excluding hydrogens is 422 g/mol. The largest absolute Gasteiger partial charge is 0.337 e. The Morgan fingerprint density at radius 2 is 1.67 bits per heavy atom. The lowest BCUT2D eigenvalue weighted by Crippen LogP contribution is -2.39. The Hall–Kier alpha value is -2.09. The topological polar surface area (TPSA) is 69.7 Å². The predicted molar refractivity (Wildman–Crippen MR) is 123 cm³/mol. The summed E-state index contributed by atoms with van der Waals surface area (Å²) in [5.41, 5.74) is 2.49. The number of benzene rings is 2. The monoisotopic (exact) mass is 451 g/mol. The summed E-state index contributed by atoms with van der Waals surface area (Å²) in [6.07, 6.45) is 3.82. The summed E-state index contributed by atoms with van der Waals surface area (Å²) in [4.78, 5) is 17.3. The minimum atomic E-state index is -3.31. The number of halogens is 1. The zero-order chi connectivity index (χ0) is 20.9. The molecule has 0 radical (unpaired) electrons. The second-order valence-electron chi connectivity index (χ2n) is 7.69. The third-order valence-corrected chi connectivity index (χ3v) is 5.89. The highest BCUT2D eigenvalue weighted by Crippen LogP contribution is 2.24. The maximum atomic E-state index is 13.0. The number of nitrogens with zero attached hydrogens (tertiary/aromatic N) is 2. The van der Waals surface area contributed by atoms with Crippen LogP contribution in [0.2, 0.25) is 0 Å². The molecule has 2 aromatic carbocycles. The van der Waals surface area contributed by atoms with Crippen molar-refractivity contribution >= 4 is 34.0 Å². The minimum absolute atomic E-state index is 0. The van der Waals surface area contributed by atoms with Crippen molar-refractivity contribution in [3.63, 3.8) is 0 Å². The van der Waals surface area contributed by atoms with E-state index in [0.29, 0.717) is 5.69 Å². The average molecular weight is 452 g/mol. The van der Waals surface area contributed by atoms with Crippen molar-refractivity contribution in [2.45, 2.75) is 25.3 Å². The summed E-state index contributed by atoms with van der Waals surface area (Å²) in [6.45, 7) is 3.00. The number of rotatable bonds is 8. The Kier molecular flexibility index (Phi) is 8.70. The molecule has 0 bridgehead atoms. The fourth-order valence-electron chi connectivity index (χ4n) is 3.71. The van der Waals surface area contributed by atoms with Gasteiger partial charge in [0.2, 0.25) is 15.9 Å². The fourth-order valence-corrected chi connectivity index (χ4v) is 4.28. The highest BCUT2D eigenvalue weighted by Gasteiger charge is 2.25. The van der Waals surface area contributed by atoms with Gasteiger partial charge in [0.15, 0.2) is 0 Å². The summed E-state index contributed by atoms with van der Waals surface area (Å²) in [7, 11) is -1.44. The van der Waals surface area contributed by atoms with Gasteiger partial charge in [0.25, 0.3) is 0 Å². The lowest BCUT2D eigenvalue weighted by Gasteiger charge is -2.32. The van der Waals surface area contributed by atoms with Crippen LogP contribution in [0.15, 0.2) is 54.6 Å². The molecule has 8 heteroatoms. The van der Waals surface area contributed by atoms with Gasteiger partial charge in [-0.1, -0.05) is 42.5 Å². The first kappa shape index (κ1) is 24.2. The number of likely N-dealkylation sites (tertiary alicyclic amines) is 1. The smallest absolute Gasteiger partial charge is 0.229 e. The first-order valence-electron chi connectivity index (χ1n) is 9.91. The summed E-state index contributed by atoms with van der Waals surface area (Å²) in [5, 5.41) is 0. The lowest BCUT2D eigenvalue weighted by atomic mass is 10.0. The fraction of sp³-hybridized carbons (Fsp3) is 0.409. The van der Waals surface area contributed by atoms with Gasteiger partial charge in [-0.2, -0.15) is 0 Å². The van der Waals surface area contributed by atoms with Crippen LogP contribution in [-0.2, 0) is 21.2 Å². The molecule has 0 aliphatic carbocycles. The van der Waals surface area contributed by atoms with Crippen LogP contribution in [0.25, 0.3) is 0 Å². The molecule has 0 spiro atoms. The van der Waals surface area contributed by atoms with Gasteiger partial charge in [0, 0.05) is 19.3 Å². The average Bonchev–Trinajstić information content (AvgIpc) is 3.20. The lowest BCUT2D eigenvalue weighted by molar-refractivity contribution is -0.131. The Balaban J connectivity index is 0.00000320. The molecule has 0 saturated carbocycles. The molecule has 1 amide bonds. The van der Waals surface area contributed by atoms with Gasteiger partial charge >= 0.3 is 0 Å². The van der Waals surface area contributed by atoms with E-state index in [9.17, 15) is 13.2 Å². The molecule has 6 nitrogen and oxygen atoms in total. The number of carbonyl (C=O) groups is 1. The van der Waals surface area contributed by atoms with E-state index in [1.54, 1.807) is 24.3 Å². The Labute approximate surface area is 185 Å². The van der Waals surface area contributed by atoms with Gasteiger partial charge < -0.3 is 9.80 Å². The van der Waals surface area contributed by atoms with Crippen LogP contribution in [0, 0.1) is 0 Å². The molecular formula is C22H30ClN3O3S. The third-order valence-electron chi connectivity index (χ3n) is 5.29. The zero-order valence-electron chi connectivity index (χ0n) is 17.5. The molecule has 0 aromatic heterocycles. The number of sulfonamides is 1. The molecule has 1 aliphatic heterocycles. The molecule has 1 heterocycles. The second kappa shape index (κ2) is 10.8. The van der Waals surface area contributed by atoms with Crippen molar-refractivity contribution in [3.05, 3.63) is 65.7 Å². The Morgan fingerprint density at radius 3 is 2.23 bits per heavy atom. The van der Waals surface area contributed by atoms with E-state index < -0.39 is 10.0 Å². The first-order chi connectivity index (χ1) is 13.8. The number of carbonyl (C=O) groups excluding carboxylic acids is 1. The van der Waals surface area contributed by atoms with Crippen molar-refractivity contribution < 1.29 is 13.2 Å². The number of hydrogen-bond donors (Lipinski definition) is 1. The number of nitrogens with one attached hydrogen (secondary N) is 1. The number of hydrogen-bond acceptors (Lipinski definition) is 4. The van der Waals surface area contributed by atoms with E-state index in [1.807, 2.05) is 30.1 Å². The van der Waals surface area contributed by atoms with Gasteiger partial charge in [-0.15, -0.1) is 12.4 Å².